The van der Waals surface area contributed by atoms with Gasteiger partial charge in [-0.25, -0.2) is 0 Å². The van der Waals surface area contributed by atoms with Crippen molar-refractivity contribution in [3.63, 3.8) is 0 Å². The molecule has 0 rings (SSSR count). The molecule has 0 radical (unpaired) electrons. The number of nitrogens with two attached hydrogens (primary N) is 2. The number of carboxylic acids is 2. The lowest BCUT2D eigenvalue weighted by Crippen LogP contribution is -2.34. The Labute approximate surface area is 95.6 Å². The van der Waals surface area contributed by atoms with Gasteiger partial charge in [0.25, 0.3) is 0 Å². The lowest BCUT2D eigenvalue weighted by Gasteiger charge is -2.07. The summed E-state index contributed by atoms with van der Waals surface area (Å²) in [4.78, 5) is 20.0. The number of carbonyl (C=O) groups is 2. The SMILES string of the molecule is CC(C)[C@@H](N)C(=O)O.CC(CCN)C(=O)O. The van der Waals surface area contributed by atoms with Crippen molar-refractivity contribution in [2.75, 3.05) is 6.54 Å². The Morgan fingerprint density at radius 2 is 1.56 bits per heavy atom. The Kier molecular flexibility index (Phi) is 9.83. The van der Waals surface area contributed by atoms with Gasteiger partial charge in [-0.1, -0.05) is 20.8 Å². The van der Waals surface area contributed by atoms with Crippen molar-refractivity contribution < 1.29 is 19.8 Å². The van der Waals surface area contributed by atoms with Crippen molar-refractivity contribution in [2.24, 2.45) is 23.3 Å². The standard InChI is InChI=1S/2C5H11NO2/c1-4(2-3-6)5(7)8;1-3(2)4(6)5(7)8/h4H,2-3,6H2,1H3,(H,7,8);3-4H,6H2,1-2H3,(H,7,8)/t;4-/m.1/s1. The van der Waals surface area contributed by atoms with E-state index in [0.29, 0.717) is 13.0 Å². The molecule has 0 saturated carbocycles. The molecular weight excluding hydrogens is 212 g/mol. The summed E-state index contributed by atoms with van der Waals surface area (Å²) >= 11 is 0. The van der Waals surface area contributed by atoms with Crippen LogP contribution in [0.2, 0.25) is 0 Å². The first-order valence-corrected chi connectivity index (χ1v) is 5.15. The van der Waals surface area contributed by atoms with E-state index in [-0.39, 0.29) is 11.8 Å². The van der Waals surface area contributed by atoms with E-state index < -0.39 is 18.0 Å². The molecule has 0 amide bonds. The van der Waals surface area contributed by atoms with Crippen LogP contribution in [0.5, 0.6) is 0 Å². The van der Waals surface area contributed by atoms with E-state index in [2.05, 4.69) is 0 Å². The normalized spacial score (nSPS) is 13.6. The fraction of sp³-hybridized carbons (Fsp3) is 0.800. The minimum absolute atomic E-state index is 0.0208. The van der Waals surface area contributed by atoms with E-state index in [4.69, 9.17) is 21.7 Å². The fourth-order valence-corrected chi connectivity index (χ4v) is 0.659. The van der Waals surface area contributed by atoms with Gasteiger partial charge in [0.2, 0.25) is 0 Å². The van der Waals surface area contributed by atoms with Gasteiger partial charge in [-0.05, 0) is 18.9 Å². The molecule has 0 aromatic carbocycles. The molecule has 0 saturated heterocycles. The maximum absolute atomic E-state index is 10.0. The van der Waals surface area contributed by atoms with Gasteiger partial charge in [0, 0.05) is 0 Å². The summed E-state index contributed by atoms with van der Waals surface area (Å²) < 4.78 is 0. The van der Waals surface area contributed by atoms with Crippen molar-refractivity contribution in [1.29, 1.82) is 0 Å². The molecule has 2 atom stereocenters. The van der Waals surface area contributed by atoms with Crippen molar-refractivity contribution in [3.8, 4) is 0 Å². The molecule has 6 N–H and O–H groups in total. The zero-order chi connectivity index (χ0) is 13.3. The monoisotopic (exact) mass is 234 g/mol. The molecule has 0 spiro atoms. The predicted octanol–water partition coefficient (Wildman–Crippen LogP) is 0.110. The summed E-state index contributed by atoms with van der Waals surface area (Å²) in [6.45, 7) is 5.65. The van der Waals surface area contributed by atoms with E-state index >= 15 is 0 Å². The fourth-order valence-electron chi connectivity index (χ4n) is 0.659. The summed E-state index contributed by atoms with van der Waals surface area (Å²) in [5.74, 6) is -1.97. The van der Waals surface area contributed by atoms with Crippen LogP contribution in [-0.2, 0) is 9.59 Å². The Balaban J connectivity index is 0. The Hall–Kier alpha value is -1.14. The second-order valence-electron chi connectivity index (χ2n) is 3.92. The molecule has 0 aliphatic heterocycles. The van der Waals surface area contributed by atoms with Crippen LogP contribution in [0.4, 0.5) is 0 Å². The first-order valence-electron chi connectivity index (χ1n) is 5.15. The topological polar surface area (TPSA) is 127 Å². The van der Waals surface area contributed by atoms with Crippen molar-refractivity contribution >= 4 is 11.9 Å². The largest absolute Gasteiger partial charge is 0.481 e. The molecule has 96 valence electrons. The third-order valence-corrected chi connectivity index (χ3v) is 2.02. The molecule has 6 heteroatoms. The molecule has 0 fully saturated rings. The summed E-state index contributed by atoms with van der Waals surface area (Å²) in [5, 5.41) is 16.5. The minimum atomic E-state index is -0.931. The van der Waals surface area contributed by atoms with Crippen LogP contribution in [0.15, 0.2) is 0 Å². The van der Waals surface area contributed by atoms with Gasteiger partial charge in [0.05, 0.1) is 5.92 Å². The summed E-state index contributed by atoms with van der Waals surface area (Å²) in [6.07, 6.45) is 0.565. The van der Waals surface area contributed by atoms with Crippen LogP contribution in [0.25, 0.3) is 0 Å². The van der Waals surface area contributed by atoms with E-state index in [9.17, 15) is 9.59 Å². The average Bonchev–Trinajstić information content (AvgIpc) is 2.17. The second kappa shape index (κ2) is 9.11. The summed E-state index contributed by atoms with van der Waals surface area (Å²) in [7, 11) is 0. The number of rotatable bonds is 5. The minimum Gasteiger partial charge on any atom is -0.481 e. The van der Waals surface area contributed by atoms with Gasteiger partial charge >= 0.3 is 11.9 Å². The molecule has 16 heavy (non-hydrogen) atoms. The van der Waals surface area contributed by atoms with Gasteiger partial charge in [0.15, 0.2) is 0 Å². The van der Waals surface area contributed by atoms with E-state index in [1.807, 2.05) is 0 Å². The first-order chi connectivity index (χ1) is 7.23. The van der Waals surface area contributed by atoms with E-state index in [1.54, 1.807) is 20.8 Å². The van der Waals surface area contributed by atoms with Crippen molar-refractivity contribution in [1.82, 2.24) is 0 Å². The van der Waals surface area contributed by atoms with Gasteiger partial charge in [0.1, 0.15) is 6.04 Å². The number of aliphatic carboxylic acids is 2. The molecule has 0 aromatic heterocycles. The molecule has 6 nitrogen and oxygen atoms in total. The van der Waals surface area contributed by atoms with Crippen LogP contribution in [0, 0.1) is 11.8 Å². The second-order valence-corrected chi connectivity index (χ2v) is 3.92. The average molecular weight is 234 g/mol. The zero-order valence-electron chi connectivity index (χ0n) is 10.0. The molecule has 0 bridgehead atoms. The highest BCUT2D eigenvalue weighted by Gasteiger charge is 2.14. The van der Waals surface area contributed by atoms with E-state index in [0.717, 1.165) is 0 Å². The number of hydrogen-bond acceptors (Lipinski definition) is 4. The third-order valence-electron chi connectivity index (χ3n) is 2.02. The molecule has 0 aromatic rings. The van der Waals surface area contributed by atoms with Crippen molar-refractivity contribution in [2.45, 2.75) is 33.2 Å². The lowest BCUT2D eigenvalue weighted by atomic mass is 10.1. The van der Waals surface area contributed by atoms with Crippen LogP contribution in [-0.4, -0.2) is 34.7 Å². The maximum atomic E-state index is 10.0. The molecule has 0 aliphatic rings. The highest BCUT2D eigenvalue weighted by molar-refractivity contribution is 5.73. The highest BCUT2D eigenvalue weighted by atomic mass is 16.4. The number of hydrogen-bond donors (Lipinski definition) is 4. The van der Waals surface area contributed by atoms with Gasteiger partial charge in [-0.2, -0.15) is 0 Å². The maximum Gasteiger partial charge on any atom is 0.320 e. The predicted molar refractivity (Wildman–Crippen MR) is 60.9 cm³/mol. The van der Waals surface area contributed by atoms with Crippen molar-refractivity contribution in [3.05, 3.63) is 0 Å². The number of carboxylic acid groups (broad SMARTS) is 2. The van der Waals surface area contributed by atoms with Crippen LogP contribution < -0.4 is 11.5 Å². The van der Waals surface area contributed by atoms with Crippen LogP contribution in [0.3, 0.4) is 0 Å². The Bertz CT molecular complexity index is 219. The smallest absolute Gasteiger partial charge is 0.320 e. The highest BCUT2D eigenvalue weighted by Crippen LogP contribution is 1.97. The molecular formula is C10H22N2O4. The van der Waals surface area contributed by atoms with Gasteiger partial charge < -0.3 is 21.7 Å². The zero-order valence-corrected chi connectivity index (χ0v) is 10.0. The quantitative estimate of drug-likeness (QED) is 0.534. The van der Waals surface area contributed by atoms with Gasteiger partial charge in [-0.15, -0.1) is 0 Å². The van der Waals surface area contributed by atoms with Crippen LogP contribution >= 0.6 is 0 Å². The third kappa shape index (κ3) is 9.42. The molecule has 1 unspecified atom stereocenters. The Morgan fingerprint density at radius 1 is 1.12 bits per heavy atom. The summed E-state index contributed by atoms with van der Waals surface area (Å²) in [5.41, 5.74) is 10.3. The molecule has 0 aliphatic carbocycles. The first kappa shape index (κ1) is 17.3. The van der Waals surface area contributed by atoms with Crippen LogP contribution in [0.1, 0.15) is 27.2 Å². The lowest BCUT2D eigenvalue weighted by molar-refractivity contribution is -0.141. The molecule has 0 heterocycles. The Morgan fingerprint density at radius 3 is 1.62 bits per heavy atom. The van der Waals surface area contributed by atoms with E-state index in [1.165, 1.54) is 0 Å². The van der Waals surface area contributed by atoms with Gasteiger partial charge in [-0.3, -0.25) is 9.59 Å². The summed E-state index contributed by atoms with van der Waals surface area (Å²) in [6, 6.07) is -0.713.